The third-order valence-corrected chi connectivity index (χ3v) is 3.31. The maximum Gasteiger partial charge on any atom is 0.158 e. The number of nitrogen functional groups attached to an aromatic ring is 1. The maximum absolute atomic E-state index is 6.20. The molecular formula is C15H19ClN4O. The minimum Gasteiger partial charge on any atom is -0.384 e. The Hall–Kier alpha value is -1.85. The summed E-state index contributed by atoms with van der Waals surface area (Å²) in [6.45, 7) is 4.89. The van der Waals surface area contributed by atoms with Crippen LogP contribution in [0.4, 0.5) is 11.6 Å². The van der Waals surface area contributed by atoms with E-state index in [9.17, 15) is 0 Å². The normalized spacial score (nSPS) is 12.1. The summed E-state index contributed by atoms with van der Waals surface area (Å²) in [5.74, 6) is 1.63. The third-order valence-electron chi connectivity index (χ3n) is 2.96. The molecule has 0 saturated heterocycles. The van der Waals surface area contributed by atoms with Crippen LogP contribution in [0.5, 0.6) is 0 Å². The number of benzene rings is 1. The fourth-order valence-electron chi connectivity index (χ4n) is 1.98. The molecule has 5 nitrogen and oxygen atoms in total. The summed E-state index contributed by atoms with van der Waals surface area (Å²) in [6.07, 6.45) is 0. The molecule has 0 aliphatic rings. The van der Waals surface area contributed by atoms with Crippen molar-refractivity contribution in [2.45, 2.75) is 26.5 Å². The largest absolute Gasteiger partial charge is 0.384 e. The molecule has 0 aliphatic carbocycles. The molecule has 0 fully saturated rings. The lowest BCUT2D eigenvalue weighted by molar-refractivity contribution is 0.128. The van der Waals surface area contributed by atoms with Crippen molar-refractivity contribution in [3.8, 4) is 0 Å². The van der Waals surface area contributed by atoms with Gasteiger partial charge in [0.2, 0.25) is 0 Å². The molecule has 2 rings (SSSR count). The lowest BCUT2D eigenvalue weighted by Gasteiger charge is -2.17. The van der Waals surface area contributed by atoms with Crippen molar-refractivity contribution in [1.29, 1.82) is 0 Å². The van der Waals surface area contributed by atoms with Crippen molar-refractivity contribution in [3.05, 3.63) is 46.7 Å². The second kappa shape index (κ2) is 7.24. The van der Waals surface area contributed by atoms with Crippen LogP contribution in [0.2, 0.25) is 5.02 Å². The SMILES string of the molecule is CCOCc1nc(N)cc(NC(C)c2ccccc2Cl)n1. The molecule has 1 aromatic carbocycles. The molecule has 21 heavy (non-hydrogen) atoms. The fraction of sp³-hybridized carbons (Fsp3) is 0.333. The Morgan fingerprint density at radius 2 is 2.10 bits per heavy atom. The minimum atomic E-state index is 0.00736. The van der Waals surface area contributed by atoms with Crippen LogP contribution in [0.3, 0.4) is 0 Å². The zero-order valence-corrected chi connectivity index (χ0v) is 12.9. The molecule has 0 spiro atoms. The zero-order chi connectivity index (χ0) is 15.2. The van der Waals surface area contributed by atoms with Gasteiger partial charge < -0.3 is 15.8 Å². The Morgan fingerprint density at radius 1 is 1.33 bits per heavy atom. The Bertz CT molecular complexity index is 606. The van der Waals surface area contributed by atoms with E-state index in [-0.39, 0.29) is 6.04 Å². The Kier molecular flexibility index (Phi) is 5.36. The molecular weight excluding hydrogens is 288 g/mol. The summed E-state index contributed by atoms with van der Waals surface area (Å²) >= 11 is 6.20. The second-order valence-corrected chi connectivity index (χ2v) is 5.03. The highest BCUT2D eigenvalue weighted by Crippen LogP contribution is 2.25. The van der Waals surface area contributed by atoms with Crippen molar-refractivity contribution < 1.29 is 4.74 Å². The molecule has 1 aromatic heterocycles. The standard InChI is InChI=1S/C15H19ClN4O/c1-3-21-9-15-19-13(17)8-14(20-15)18-10(2)11-6-4-5-7-12(11)16/h4-8,10H,3,9H2,1-2H3,(H3,17,18,19,20). The fourth-order valence-corrected chi connectivity index (χ4v) is 2.27. The van der Waals surface area contributed by atoms with Crippen LogP contribution in [0, 0.1) is 0 Å². The molecule has 6 heteroatoms. The average Bonchev–Trinajstić information content (AvgIpc) is 2.45. The number of nitrogens with two attached hydrogens (primary N) is 1. The van der Waals surface area contributed by atoms with Crippen LogP contribution in [-0.4, -0.2) is 16.6 Å². The van der Waals surface area contributed by atoms with E-state index in [2.05, 4.69) is 15.3 Å². The number of nitrogens with one attached hydrogen (secondary N) is 1. The van der Waals surface area contributed by atoms with Gasteiger partial charge in [-0.25, -0.2) is 9.97 Å². The van der Waals surface area contributed by atoms with E-state index in [1.807, 2.05) is 38.1 Å². The quantitative estimate of drug-likeness (QED) is 0.855. The Balaban J connectivity index is 2.15. The first-order valence-electron chi connectivity index (χ1n) is 6.82. The molecule has 3 N–H and O–H groups in total. The van der Waals surface area contributed by atoms with Crippen molar-refractivity contribution in [2.24, 2.45) is 0 Å². The highest BCUT2D eigenvalue weighted by Gasteiger charge is 2.11. The Morgan fingerprint density at radius 3 is 2.81 bits per heavy atom. The summed E-state index contributed by atoms with van der Waals surface area (Å²) in [5.41, 5.74) is 6.81. The van der Waals surface area contributed by atoms with Crippen LogP contribution in [0.1, 0.15) is 31.3 Å². The van der Waals surface area contributed by atoms with Crippen LogP contribution in [-0.2, 0) is 11.3 Å². The number of hydrogen-bond donors (Lipinski definition) is 2. The number of rotatable bonds is 6. The molecule has 0 amide bonds. The van der Waals surface area contributed by atoms with Gasteiger partial charge in [-0.3, -0.25) is 0 Å². The number of halogens is 1. The predicted molar refractivity (Wildman–Crippen MR) is 85.3 cm³/mol. The van der Waals surface area contributed by atoms with E-state index in [1.165, 1.54) is 0 Å². The van der Waals surface area contributed by atoms with Gasteiger partial charge in [-0.1, -0.05) is 29.8 Å². The van der Waals surface area contributed by atoms with E-state index in [0.29, 0.717) is 35.7 Å². The zero-order valence-electron chi connectivity index (χ0n) is 12.1. The smallest absolute Gasteiger partial charge is 0.158 e. The highest BCUT2D eigenvalue weighted by atomic mass is 35.5. The van der Waals surface area contributed by atoms with Crippen molar-refractivity contribution >= 4 is 23.2 Å². The molecule has 2 aromatic rings. The van der Waals surface area contributed by atoms with Crippen LogP contribution in [0.25, 0.3) is 0 Å². The predicted octanol–water partition coefficient (Wildman–Crippen LogP) is 3.42. The second-order valence-electron chi connectivity index (χ2n) is 4.62. The molecule has 112 valence electrons. The van der Waals surface area contributed by atoms with Crippen LogP contribution < -0.4 is 11.1 Å². The van der Waals surface area contributed by atoms with Crippen molar-refractivity contribution in [2.75, 3.05) is 17.7 Å². The van der Waals surface area contributed by atoms with E-state index >= 15 is 0 Å². The summed E-state index contributed by atoms with van der Waals surface area (Å²) < 4.78 is 5.31. The molecule has 0 radical (unpaired) electrons. The maximum atomic E-state index is 6.20. The van der Waals surface area contributed by atoms with Crippen molar-refractivity contribution in [1.82, 2.24) is 9.97 Å². The summed E-state index contributed by atoms with van der Waals surface area (Å²) in [6, 6.07) is 9.40. The van der Waals surface area contributed by atoms with Gasteiger partial charge in [-0.2, -0.15) is 0 Å². The van der Waals surface area contributed by atoms with E-state index in [4.69, 9.17) is 22.1 Å². The summed E-state index contributed by atoms with van der Waals surface area (Å²) in [7, 11) is 0. The molecule has 1 heterocycles. The topological polar surface area (TPSA) is 73.1 Å². The lowest BCUT2D eigenvalue weighted by Crippen LogP contribution is -2.11. The highest BCUT2D eigenvalue weighted by molar-refractivity contribution is 6.31. The number of anilines is 2. The molecule has 1 unspecified atom stereocenters. The van der Waals surface area contributed by atoms with Gasteiger partial charge in [0.05, 0.1) is 6.04 Å². The van der Waals surface area contributed by atoms with E-state index < -0.39 is 0 Å². The van der Waals surface area contributed by atoms with Gasteiger partial charge in [-0.15, -0.1) is 0 Å². The molecule has 1 atom stereocenters. The van der Waals surface area contributed by atoms with Gasteiger partial charge >= 0.3 is 0 Å². The summed E-state index contributed by atoms with van der Waals surface area (Å²) in [5, 5.41) is 4.00. The summed E-state index contributed by atoms with van der Waals surface area (Å²) in [4.78, 5) is 8.54. The minimum absolute atomic E-state index is 0.00736. The first-order valence-corrected chi connectivity index (χ1v) is 7.20. The number of nitrogens with zero attached hydrogens (tertiary/aromatic N) is 2. The van der Waals surface area contributed by atoms with Crippen LogP contribution >= 0.6 is 11.6 Å². The number of ether oxygens (including phenoxy) is 1. The number of aromatic nitrogens is 2. The van der Waals surface area contributed by atoms with E-state index in [1.54, 1.807) is 6.07 Å². The first-order chi connectivity index (χ1) is 10.1. The van der Waals surface area contributed by atoms with E-state index in [0.717, 1.165) is 5.56 Å². The van der Waals surface area contributed by atoms with Gasteiger partial charge in [-0.05, 0) is 25.5 Å². The van der Waals surface area contributed by atoms with Crippen molar-refractivity contribution in [3.63, 3.8) is 0 Å². The lowest BCUT2D eigenvalue weighted by atomic mass is 10.1. The number of hydrogen-bond acceptors (Lipinski definition) is 5. The van der Waals surface area contributed by atoms with Gasteiger partial charge in [0.25, 0.3) is 0 Å². The monoisotopic (exact) mass is 306 g/mol. The van der Waals surface area contributed by atoms with Gasteiger partial charge in [0.15, 0.2) is 5.82 Å². The Labute approximate surface area is 129 Å². The third kappa shape index (κ3) is 4.31. The van der Waals surface area contributed by atoms with Crippen LogP contribution in [0.15, 0.2) is 30.3 Å². The first kappa shape index (κ1) is 15.5. The van der Waals surface area contributed by atoms with Gasteiger partial charge in [0, 0.05) is 17.7 Å². The van der Waals surface area contributed by atoms with Gasteiger partial charge in [0.1, 0.15) is 18.2 Å². The average molecular weight is 307 g/mol. The molecule has 0 aliphatic heterocycles. The molecule has 0 bridgehead atoms. The molecule has 0 saturated carbocycles.